The van der Waals surface area contributed by atoms with Crippen LogP contribution in [0.4, 0.5) is 0 Å². The number of nitrogens with zero attached hydrogens (tertiary/aromatic N) is 1. The maximum absolute atomic E-state index is 6.01. The van der Waals surface area contributed by atoms with E-state index in [-0.39, 0.29) is 0 Å². The highest BCUT2D eigenvalue weighted by molar-refractivity contribution is 5.12. The smallest absolute Gasteiger partial charge is 0.121 e. The molecule has 0 aromatic carbocycles. The number of hydrogen-bond acceptors (Lipinski definition) is 3. The van der Waals surface area contributed by atoms with Crippen molar-refractivity contribution >= 4 is 0 Å². The topological polar surface area (TPSA) is 28.4 Å². The fourth-order valence-electron chi connectivity index (χ4n) is 2.75. The molecule has 1 saturated heterocycles. The zero-order valence-corrected chi connectivity index (χ0v) is 11.9. The highest BCUT2D eigenvalue weighted by atomic mass is 16.3. The average Bonchev–Trinajstić information content (AvgIpc) is 2.88. The van der Waals surface area contributed by atoms with E-state index >= 15 is 0 Å². The number of piperazine rings is 1. The summed E-state index contributed by atoms with van der Waals surface area (Å²) in [5.41, 5.74) is 0. The van der Waals surface area contributed by atoms with Crippen molar-refractivity contribution in [1.29, 1.82) is 0 Å². The lowest BCUT2D eigenvalue weighted by Gasteiger charge is -2.36. The van der Waals surface area contributed by atoms with Gasteiger partial charge in [0.25, 0.3) is 0 Å². The number of hydrogen-bond donors (Lipinski definition) is 1. The molecule has 2 atom stereocenters. The molecule has 0 radical (unpaired) electrons. The summed E-state index contributed by atoms with van der Waals surface area (Å²) in [5.74, 6) is 2.90. The number of aryl methyl sites for hydroxylation is 1. The molecule has 1 aliphatic heterocycles. The molecule has 1 aromatic rings. The van der Waals surface area contributed by atoms with Crippen LogP contribution in [0.1, 0.15) is 44.8 Å². The molecule has 18 heavy (non-hydrogen) atoms. The molecule has 1 fully saturated rings. The molecule has 102 valence electrons. The van der Waals surface area contributed by atoms with E-state index in [1.165, 1.54) is 6.42 Å². The second-order valence-corrected chi connectivity index (χ2v) is 5.27. The van der Waals surface area contributed by atoms with Gasteiger partial charge in [-0.1, -0.05) is 27.2 Å². The van der Waals surface area contributed by atoms with E-state index in [9.17, 15) is 0 Å². The fourth-order valence-corrected chi connectivity index (χ4v) is 2.75. The molecule has 3 nitrogen and oxygen atoms in total. The van der Waals surface area contributed by atoms with E-state index in [0.29, 0.717) is 12.0 Å². The standard InChI is InChI=1S/C15H26N2O/c1-4-12(3)15(17-10-8-16-9-11-17)14-7-6-13(5-2)18-14/h6-7,12,15-16H,4-5,8-11H2,1-3H3/t12?,15-/m1/s1. The van der Waals surface area contributed by atoms with Crippen LogP contribution in [-0.2, 0) is 6.42 Å². The predicted octanol–water partition coefficient (Wildman–Crippen LogP) is 2.83. The Morgan fingerprint density at radius 3 is 2.56 bits per heavy atom. The zero-order valence-electron chi connectivity index (χ0n) is 11.9. The quantitative estimate of drug-likeness (QED) is 0.871. The Morgan fingerprint density at radius 2 is 2.00 bits per heavy atom. The largest absolute Gasteiger partial charge is 0.464 e. The van der Waals surface area contributed by atoms with E-state index < -0.39 is 0 Å². The molecule has 0 saturated carbocycles. The lowest BCUT2D eigenvalue weighted by atomic mass is 9.95. The van der Waals surface area contributed by atoms with E-state index in [2.05, 4.69) is 43.1 Å². The highest BCUT2D eigenvalue weighted by Gasteiger charge is 2.28. The molecular formula is C15H26N2O. The van der Waals surface area contributed by atoms with Crippen molar-refractivity contribution in [2.75, 3.05) is 26.2 Å². The summed E-state index contributed by atoms with van der Waals surface area (Å²) >= 11 is 0. The lowest BCUT2D eigenvalue weighted by molar-refractivity contribution is 0.109. The molecule has 0 aliphatic carbocycles. The first-order valence-corrected chi connectivity index (χ1v) is 7.29. The molecule has 1 aromatic heterocycles. The van der Waals surface area contributed by atoms with Crippen LogP contribution in [0.3, 0.4) is 0 Å². The van der Waals surface area contributed by atoms with Gasteiger partial charge in [0.15, 0.2) is 0 Å². The van der Waals surface area contributed by atoms with Crippen molar-refractivity contribution in [3.8, 4) is 0 Å². The maximum atomic E-state index is 6.01. The third-order valence-corrected chi connectivity index (χ3v) is 4.05. The van der Waals surface area contributed by atoms with Crippen LogP contribution in [0.5, 0.6) is 0 Å². The Balaban J connectivity index is 2.17. The van der Waals surface area contributed by atoms with Crippen molar-refractivity contribution in [2.45, 2.75) is 39.7 Å². The maximum Gasteiger partial charge on any atom is 0.121 e. The van der Waals surface area contributed by atoms with Gasteiger partial charge in [0.1, 0.15) is 11.5 Å². The summed E-state index contributed by atoms with van der Waals surface area (Å²) in [4.78, 5) is 2.57. The van der Waals surface area contributed by atoms with Crippen molar-refractivity contribution in [1.82, 2.24) is 10.2 Å². The van der Waals surface area contributed by atoms with Crippen LogP contribution >= 0.6 is 0 Å². The Labute approximate surface area is 111 Å². The van der Waals surface area contributed by atoms with Crippen LogP contribution in [0.2, 0.25) is 0 Å². The second kappa shape index (κ2) is 6.39. The van der Waals surface area contributed by atoms with E-state index in [0.717, 1.165) is 44.1 Å². The van der Waals surface area contributed by atoms with Crippen molar-refractivity contribution in [2.24, 2.45) is 5.92 Å². The minimum atomic E-state index is 0.442. The minimum absolute atomic E-state index is 0.442. The van der Waals surface area contributed by atoms with Crippen LogP contribution < -0.4 is 5.32 Å². The second-order valence-electron chi connectivity index (χ2n) is 5.27. The molecular weight excluding hydrogens is 224 g/mol. The molecule has 1 unspecified atom stereocenters. The fraction of sp³-hybridized carbons (Fsp3) is 0.733. The van der Waals surface area contributed by atoms with Gasteiger partial charge < -0.3 is 9.73 Å². The first kappa shape index (κ1) is 13.6. The summed E-state index contributed by atoms with van der Waals surface area (Å²) in [6, 6.07) is 4.75. The van der Waals surface area contributed by atoms with Gasteiger partial charge in [-0.2, -0.15) is 0 Å². The van der Waals surface area contributed by atoms with Crippen molar-refractivity contribution < 1.29 is 4.42 Å². The summed E-state index contributed by atoms with van der Waals surface area (Å²) in [5, 5.41) is 3.42. The first-order chi connectivity index (χ1) is 8.76. The van der Waals surface area contributed by atoms with E-state index in [4.69, 9.17) is 4.42 Å². The van der Waals surface area contributed by atoms with Gasteiger partial charge >= 0.3 is 0 Å². The van der Waals surface area contributed by atoms with Crippen molar-refractivity contribution in [3.63, 3.8) is 0 Å². The Morgan fingerprint density at radius 1 is 1.28 bits per heavy atom. The number of rotatable bonds is 5. The Kier molecular flexibility index (Phi) is 4.84. The van der Waals surface area contributed by atoms with Gasteiger partial charge in [0.2, 0.25) is 0 Å². The summed E-state index contributed by atoms with van der Waals surface area (Å²) in [6.45, 7) is 11.2. The third-order valence-electron chi connectivity index (χ3n) is 4.05. The number of nitrogens with one attached hydrogen (secondary N) is 1. The lowest BCUT2D eigenvalue weighted by Crippen LogP contribution is -2.46. The molecule has 0 spiro atoms. The van der Waals surface area contributed by atoms with Crippen LogP contribution in [0.15, 0.2) is 16.5 Å². The van der Waals surface area contributed by atoms with Gasteiger partial charge in [-0.05, 0) is 18.1 Å². The SMILES string of the molecule is CCc1ccc([C@@H](C(C)CC)N2CCNCC2)o1. The normalized spacial score (nSPS) is 20.8. The molecule has 1 N–H and O–H groups in total. The van der Waals surface area contributed by atoms with Gasteiger partial charge in [0.05, 0.1) is 6.04 Å². The number of furan rings is 1. The van der Waals surface area contributed by atoms with Crippen LogP contribution in [0, 0.1) is 5.92 Å². The first-order valence-electron chi connectivity index (χ1n) is 7.29. The van der Waals surface area contributed by atoms with E-state index in [1.54, 1.807) is 0 Å². The van der Waals surface area contributed by atoms with Crippen LogP contribution in [0.25, 0.3) is 0 Å². The summed E-state index contributed by atoms with van der Waals surface area (Å²) in [7, 11) is 0. The third kappa shape index (κ3) is 2.96. The average molecular weight is 250 g/mol. The van der Waals surface area contributed by atoms with E-state index in [1.807, 2.05) is 0 Å². The van der Waals surface area contributed by atoms with Crippen LogP contribution in [-0.4, -0.2) is 31.1 Å². The van der Waals surface area contributed by atoms with Gasteiger partial charge in [0, 0.05) is 32.6 Å². The summed E-state index contributed by atoms with van der Waals surface area (Å²) < 4.78 is 6.01. The van der Waals surface area contributed by atoms with Gasteiger partial charge in [-0.25, -0.2) is 0 Å². The molecule has 0 amide bonds. The minimum Gasteiger partial charge on any atom is -0.464 e. The predicted molar refractivity (Wildman–Crippen MR) is 74.7 cm³/mol. The van der Waals surface area contributed by atoms with Gasteiger partial charge in [-0.3, -0.25) is 4.90 Å². The Hall–Kier alpha value is -0.800. The van der Waals surface area contributed by atoms with Gasteiger partial charge in [-0.15, -0.1) is 0 Å². The Bertz CT molecular complexity index is 355. The monoisotopic (exact) mass is 250 g/mol. The zero-order chi connectivity index (χ0) is 13.0. The molecule has 2 rings (SSSR count). The molecule has 3 heteroatoms. The summed E-state index contributed by atoms with van der Waals surface area (Å²) in [6.07, 6.45) is 2.17. The molecule has 0 bridgehead atoms. The molecule has 1 aliphatic rings. The molecule has 2 heterocycles. The van der Waals surface area contributed by atoms with Crippen molar-refractivity contribution in [3.05, 3.63) is 23.7 Å². The highest BCUT2D eigenvalue weighted by Crippen LogP contribution is 2.32.